The fourth-order valence-corrected chi connectivity index (χ4v) is 6.23. The predicted molar refractivity (Wildman–Crippen MR) is 145 cm³/mol. The van der Waals surface area contributed by atoms with Gasteiger partial charge in [-0.3, -0.25) is 9.88 Å². The van der Waals surface area contributed by atoms with Gasteiger partial charge in [0, 0.05) is 36.3 Å². The fourth-order valence-electron chi connectivity index (χ4n) is 6.23. The van der Waals surface area contributed by atoms with Gasteiger partial charge in [0.2, 0.25) is 0 Å². The number of hydrogen-bond donors (Lipinski definition) is 0. The van der Waals surface area contributed by atoms with Crippen molar-refractivity contribution in [3.8, 4) is 11.1 Å². The number of aromatic nitrogens is 1. The van der Waals surface area contributed by atoms with Crippen molar-refractivity contribution in [2.75, 3.05) is 26.2 Å². The largest absolute Gasteiger partial charge is 0.300 e. The first-order valence-corrected chi connectivity index (χ1v) is 13.6. The zero-order valence-electron chi connectivity index (χ0n) is 21.0. The molecule has 3 aliphatic rings. The van der Waals surface area contributed by atoms with Gasteiger partial charge >= 0.3 is 0 Å². The molecule has 2 fully saturated rings. The Balaban J connectivity index is 1.11. The smallest absolute Gasteiger partial charge is 0.0520 e. The topological polar surface area (TPSA) is 19.4 Å². The maximum Gasteiger partial charge on any atom is 0.0520 e. The number of rotatable bonds is 5. The van der Waals surface area contributed by atoms with Crippen LogP contribution in [0.15, 0.2) is 66.9 Å². The number of fused-ring (bicyclic) bond motifs is 1. The number of benzene rings is 2. The molecule has 3 heteroatoms. The highest BCUT2D eigenvalue weighted by Crippen LogP contribution is 2.34. The Hall–Kier alpha value is -2.75. The quantitative estimate of drug-likeness (QED) is 0.431. The second kappa shape index (κ2) is 10.1. The summed E-state index contributed by atoms with van der Waals surface area (Å²) in [7, 11) is 0. The van der Waals surface area contributed by atoms with Crippen molar-refractivity contribution in [3.05, 3.63) is 94.8 Å². The summed E-state index contributed by atoms with van der Waals surface area (Å²) < 4.78 is 0. The molecule has 6 rings (SSSR count). The van der Waals surface area contributed by atoms with E-state index in [-0.39, 0.29) is 0 Å². The van der Waals surface area contributed by atoms with Gasteiger partial charge in [0.05, 0.1) is 5.69 Å². The van der Waals surface area contributed by atoms with Crippen LogP contribution in [0.5, 0.6) is 0 Å². The number of piperidine rings is 2. The van der Waals surface area contributed by atoms with E-state index in [0.29, 0.717) is 0 Å². The van der Waals surface area contributed by atoms with Crippen LogP contribution in [-0.2, 0) is 13.0 Å². The lowest BCUT2D eigenvalue weighted by atomic mass is 9.96. The average molecular weight is 464 g/mol. The maximum atomic E-state index is 4.83. The summed E-state index contributed by atoms with van der Waals surface area (Å²) in [5, 5.41) is 0. The summed E-state index contributed by atoms with van der Waals surface area (Å²) in [6, 6.07) is 21.1. The average Bonchev–Trinajstić information content (AvgIpc) is 3.34. The van der Waals surface area contributed by atoms with Gasteiger partial charge in [0.1, 0.15) is 0 Å². The van der Waals surface area contributed by atoms with Crippen molar-refractivity contribution in [1.29, 1.82) is 0 Å². The van der Waals surface area contributed by atoms with E-state index in [0.717, 1.165) is 19.0 Å². The molecule has 0 N–H and O–H groups in total. The minimum Gasteiger partial charge on any atom is -0.300 e. The van der Waals surface area contributed by atoms with Crippen LogP contribution in [-0.4, -0.2) is 47.0 Å². The molecular formula is C32H37N3. The molecule has 35 heavy (non-hydrogen) atoms. The minimum atomic E-state index is 0.819. The normalized spacial score (nSPS) is 19.5. The van der Waals surface area contributed by atoms with Crippen molar-refractivity contribution in [1.82, 2.24) is 14.8 Å². The molecule has 180 valence electrons. The van der Waals surface area contributed by atoms with E-state index >= 15 is 0 Å². The van der Waals surface area contributed by atoms with Crippen LogP contribution >= 0.6 is 0 Å². The molecule has 1 aromatic heterocycles. The molecule has 0 saturated carbocycles. The molecule has 3 nitrogen and oxygen atoms in total. The van der Waals surface area contributed by atoms with E-state index < -0.39 is 0 Å². The van der Waals surface area contributed by atoms with Gasteiger partial charge in [0.25, 0.3) is 0 Å². The second-order valence-electron chi connectivity index (χ2n) is 10.7. The van der Waals surface area contributed by atoms with E-state index in [4.69, 9.17) is 4.98 Å². The van der Waals surface area contributed by atoms with Crippen LogP contribution in [0, 0.1) is 6.92 Å². The molecule has 0 spiro atoms. The number of nitrogens with zero attached hydrogens (tertiary/aromatic N) is 3. The van der Waals surface area contributed by atoms with Crippen LogP contribution in [0.4, 0.5) is 0 Å². The third kappa shape index (κ3) is 4.98. The lowest BCUT2D eigenvalue weighted by Crippen LogP contribution is -2.46. The molecule has 0 radical (unpaired) electrons. The monoisotopic (exact) mass is 463 g/mol. The van der Waals surface area contributed by atoms with Gasteiger partial charge < -0.3 is 4.90 Å². The first-order valence-electron chi connectivity index (χ1n) is 13.6. The number of pyridine rings is 1. The van der Waals surface area contributed by atoms with Gasteiger partial charge in [-0.25, -0.2) is 0 Å². The summed E-state index contributed by atoms with van der Waals surface area (Å²) in [6.45, 7) is 8.33. The van der Waals surface area contributed by atoms with Crippen molar-refractivity contribution in [3.63, 3.8) is 0 Å². The SMILES string of the molecule is Cc1cccc(C2=CCc3ncc(-c4ccc(CN5CCC(N6CCCCC6)CC5)cc4)cc32)c1. The van der Waals surface area contributed by atoms with Crippen LogP contribution in [0.3, 0.4) is 0 Å². The first-order chi connectivity index (χ1) is 17.2. The van der Waals surface area contributed by atoms with E-state index in [2.05, 4.69) is 77.4 Å². The lowest BCUT2D eigenvalue weighted by Gasteiger charge is -2.40. The first kappa shape index (κ1) is 22.7. The molecule has 0 bridgehead atoms. The molecule has 0 unspecified atom stereocenters. The van der Waals surface area contributed by atoms with E-state index in [1.165, 1.54) is 103 Å². The highest BCUT2D eigenvalue weighted by atomic mass is 15.2. The van der Waals surface area contributed by atoms with Gasteiger partial charge in [-0.15, -0.1) is 0 Å². The Labute approximate surface area is 210 Å². The highest BCUT2D eigenvalue weighted by Gasteiger charge is 2.25. The standard InChI is InChI=1S/C32H37N3/c1-24-6-5-7-27(20-24)30-12-13-32-31(30)21-28(22-33-32)26-10-8-25(9-11-26)23-34-18-14-29(15-19-34)35-16-3-2-4-17-35/h5-12,20-22,29H,2-4,13-19,23H2,1H3. The molecule has 0 amide bonds. The zero-order chi connectivity index (χ0) is 23.6. The fraction of sp³-hybridized carbons (Fsp3) is 0.406. The number of likely N-dealkylation sites (tertiary alicyclic amines) is 2. The van der Waals surface area contributed by atoms with Crippen LogP contribution < -0.4 is 0 Å². The summed E-state index contributed by atoms with van der Waals surface area (Å²) in [5.74, 6) is 0. The third-order valence-corrected chi connectivity index (χ3v) is 8.25. The van der Waals surface area contributed by atoms with E-state index in [1.54, 1.807) is 0 Å². The summed E-state index contributed by atoms with van der Waals surface area (Å²) >= 11 is 0. The Morgan fingerprint density at radius 1 is 0.829 bits per heavy atom. The van der Waals surface area contributed by atoms with E-state index in [1.807, 2.05) is 6.20 Å². The van der Waals surface area contributed by atoms with Crippen LogP contribution in [0.25, 0.3) is 16.7 Å². The predicted octanol–water partition coefficient (Wildman–Crippen LogP) is 6.50. The summed E-state index contributed by atoms with van der Waals surface area (Å²) in [5.41, 5.74) is 10.3. The molecule has 0 atom stereocenters. The molecule has 3 aromatic rings. The maximum absolute atomic E-state index is 4.83. The van der Waals surface area contributed by atoms with Crippen LogP contribution in [0.1, 0.15) is 60.1 Å². The molecule has 3 heterocycles. The lowest BCUT2D eigenvalue weighted by molar-refractivity contribution is 0.0896. The Bertz CT molecular complexity index is 1200. The molecule has 2 aliphatic heterocycles. The van der Waals surface area contributed by atoms with Gasteiger partial charge in [-0.2, -0.15) is 0 Å². The molecule has 2 saturated heterocycles. The Morgan fingerprint density at radius 3 is 2.40 bits per heavy atom. The molecule has 2 aromatic carbocycles. The van der Waals surface area contributed by atoms with Crippen molar-refractivity contribution in [2.45, 2.75) is 58.0 Å². The highest BCUT2D eigenvalue weighted by molar-refractivity contribution is 5.86. The third-order valence-electron chi connectivity index (χ3n) is 8.25. The molecular weight excluding hydrogens is 426 g/mol. The Morgan fingerprint density at radius 2 is 1.63 bits per heavy atom. The minimum absolute atomic E-state index is 0.819. The molecule has 1 aliphatic carbocycles. The summed E-state index contributed by atoms with van der Waals surface area (Å²) in [4.78, 5) is 10.2. The van der Waals surface area contributed by atoms with Gasteiger partial charge in [0.15, 0.2) is 0 Å². The van der Waals surface area contributed by atoms with Gasteiger partial charge in [-0.1, -0.05) is 66.6 Å². The second-order valence-corrected chi connectivity index (χ2v) is 10.7. The van der Waals surface area contributed by atoms with Crippen LogP contribution in [0.2, 0.25) is 0 Å². The zero-order valence-corrected chi connectivity index (χ0v) is 21.0. The number of aryl methyl sites for hydroxylation is 1. The van der Waals surface area contributed by atoms with Crippen molar-refractivity contribution < 1.29 is 0 Å². The number of hydrogen-bond acceptors (Lipinski definition) is 3. The van der Waals surface area contributed by atoms with Gasteiger partial charge in [-0.05, 0) is 87.1 Å². The summed E-state index contributed by atoms with van der Waals surface area (Å²) in [6.07, 6.45) is 12.2. The van der Waals surface area contributed by atoms with Crippen molar-refractivity contribution in [2.24, 2.45) is 0 Å². The van der Waals surface area contributed by atoms with Crippen molar-refractivity contribution >= 4 is 5.57 Å². The number of allylic oxidation sites excluding steroid dienone is 1. The van der Waals surface area contributed by atoms with E-state index in [9.17, 15) is 0 Å². The Kier molecular flexibility index (Phi) is 6.54.